The molecular formula is C22H23N3O2S3. The minimum atomic E-state index is -0.443. The second-order valence-electron chi connectivity index (χ2n) is 7.77. The van der Waals surface area contributed by atoms with E-state index in [4.69, 9.17) is 5.73 Å². The zero-order chi connectivity index (χ0) is 20.7. The molecule has 0 saturated carbocycles. The van der Waals surface area contributed by atoms with E-state index in [1.54, 1.807) is 22.7 Å². The third kappa shape index (κ3) is 3.62. The number of carbonyl (C=O) groups excluding carboxylic acids is 2. The second kappa shape index (κ2) is 8.26. The van der Waals surface area contributed by atoms with Gasteiger partial charge < -0.3 is 11.1 Å². The number of anilines is 1. The molecule has 4 heterocycles. The smallest absolute Gasteiger partial charge is 0.251 e. The van der Waals surface area contributed by atoms with Gasteiger partial charge in [-0.2, -0.15) is 0 Å². The Kier molecular flexibility index (Phi) is 5.49. The molecule has 1 aliphatic heterocycles. The molecule has 0 aromatic carbocycles. The van der Waals surface area contributed by atoms with E-state index in [1.165, 1.54) is 31.5 Å². The van der Waals surface area contributed by atoms with Crippen LogP contribution < -0.4 is 11.1 Å². The Morgan fingerprint density at radius 2 is 1.97 bits per heavy atom. The highest BCUT2D eigenvalue weighted by Gasteiger charge is 2.32. The van der Waals surface area contributed by atoms with E-state index in [0.717, 1.165) is 44.2 Å². The van der Waals surface area contributed by atoms with Gasteiger partial charge in [0, 0.05) is 21.2 Å². The third-order valence-corrected chi connectivity index (χ3v) is 9.02. The number of rotatable bonds is 5. The van der Waals surface area contributed by atoms with Gasteiger partial charge in [0.2, 0.25) is 5.91 Å². The van der Waals surface area contributed by atoms with Crippen LogP contribution in [0.5, 0.6) is 0 Å². The van der Waals surface area contributed by atoms with E-state index in [-0.39, 0.29) is 11.9 Å². The van der Waals surface area contributed by atoms with Gasteiger partial charge in [-0.3, -0.25) is 14.5 Å². The first-order chi connectivity index (χ1) is 14.6. The van der Waals surface area contributed by atoms with Crippen molar-refractivity contribution in [2.75, 3.05) is 18.4 Å². The first-order valence-corrected chi connectivity index (χ1v) is 12.8. The van der Waals surface area contributed by atoms with Crippen molar-refractivity contribution in [1.82, 2.24) is 4.90 Å². The lowest BCUT2D eigenvalue weighted by molar-refractivity contribution is -0.117. The molecule has 3 N–H and O–H groups in total. The van der Waals surface area contributed by atoms with Gasteiger partial charge in [0.05, 0.1) is 18.2 Å². The maximum Gasteiger partial charge on any atom is 0.251 e. The first kappa shape index (κ1) is 19.9. The summed E-state index contributed by atoms with van der Waals surface area (Å²) in [6.45, 7) is 1.13. The molecule has 30 heavy (non-hydrogen) atoms. The molecule has 0 bridgehead atoms. The highest BCUT2D eigenvalue weighted by atomic mass is 32.1. The number of amides is 2. The number of hydrogen-bond acceptors (Lipinski definition) is 6. The van der Waals surface area contributed by atoms with E-state index < -0.39 is 5.91 Å². The summed E-state index contributed by atoms with van der Waals surface area (Å²) < 4.78 is 0. The normalized spacial score (nSPS) is 18.6. The lowest BCUT2D eigenvalue weighted by atomic mass is 9.95. The highest BCUT2D eigenvalue weighted by Crippen LogP contribution is 2.40. The summed E-state index contributed by atoms with van der Waals surface area (Å²) >= 11 is 5.05. The predicted molar refractivity (Wildman–Crippen MR) is 124 cm³/mol. The van der Waals surface area contributed by atoms with Gasteiger partial charge in [-0.25, -0.2) is 0 Å². The number of carbonyl (C=O) groups is 2. The fourth-order valence-electron chi connectivity index (χ4n) is 4.58. The van der Waals surface area contributed by atoms with Crippen LogP contribution in [-0.2, 0) is 24.1 Å². The molecule has 3 aromatic rings. The summed E-state index contributed by atoms with van der Waals surface area (Å²) in [5.41, 5.74) is 8.56. The summed E-state index contributed by atoms with van der Waals surface area (Å²) in [5.74, 6) is -0.529. The highest BCUT2D eigenvalue weighted by molar-refractivity contribution is 7.17. The molecule has 2 aliphatic rings. The van der Waals surface area contributed by atoms with Crippen LogP contribution in [0.4, 0.5) is 5.00 Å². The molecule has 5 rings (SSSR count). The molecule has 1 aliphatic carbocycles. The molecular weight excluding hydrogens is 434 g/mol. The Balaban J connectivity index is 1.38. The summed E-state index contributed by atoms with van der Waals surface area (Å²) in [6.07, 6.45) is 4.98. The Labute approximate surface area is 187 Å². The van der Waals surface area contributed by atoms with Crippen LogP contribution >= 0.6 is 34.0 Å². The topological polar surface area (TPSA) is 75.4 Å². The molecule has 0 spiro atoms. The van der Waals surface area contributed by atoms with Crippen LogP contribution in [0.25, 0.3) is 0 Å². The SMILES string of the molecule is NC(=O)c1c(NC(=O)CN2CCc3sccc3C2c2cccs2)sc2c1CCCC2. The van der Waals surface area contributed by atoms with Crippen LogP contribution in [0.3, 0.4) is 0 Å². The van der Waals surface area contributed by atoms with Gasteiger partial charge in [-0.1, -0.05) is 6.07 Å². The first-order valence-electron chi connectivity index (χ1n) is 10.2. The average molecular weight is 458 g/mol. The number of primary amides is 1. The fourth-order valence-corrected chi connectivity index (χ4v) is 7.67. The number of aryl methyl sites for hydroxylation is 1. The minimum absolute atomic E-state index is 0.0867. The van der Waals surface area contributed by atoms with Crippen molar-refractivity contribution < 1.29 is 9.59 Å². The quantitative estimate of drug-likeness (QED) is 0.595. The number of nitrogens with zero attached hydrogens (tertiary/aromatic N) is 1. The Hall–Kier alpha value is -2.00. The van der Waals surface area contributed by atoms with E-state index in [2.05, 4.69) is 39.2 Å². The van der Waals surface area contributed by atoms with E-state index in [0.29, 0.717) is 17.1 Å². The Morgan fingerprint density at radius 1 is 1.10 bits per heavy atom. The minimum Gasteiger partial charge on any atom is -0.365 e. The average Bonchev–Trinajstić information content (AvgIpc) is 3.46. The van der Waals surface area contributed by atoms with Crippen LogP contribution in [0.2, 0.25) is 0 Å². The summed E-state index contributed by atoms with van der Waals surface area (Å²) in [4.78, 5) is 31.3. The molecule has 1 atom stereocenters. The van der Waals surface area contributed by atoms with E-state index in [9.17, 15) is 9.59 Å². The molecule has 156 valence electrons. The van der Waals surface area contributed by atoms with Crippen LogP contribution in [0.15, 0.2) is 29.0 Å². The van der Waals surface area contributed by atoms with Gasteiger partial charge in [0.15, 0.2) is 0 Å². The van der Waals surface area contributed by atoms with Gasteiger partial charge >= 0.3 is 0 Å². The van der Waals surface area contributed by atoms with E-state index in [1.807, 2.05) is 0 Å². The largest absolute Gasteiger partial charge is 0.365 e. The molecule has 0 saturated heterocycles. The molecule has 0 fully saturated rings. The van der Waals surface area contributed by atoms with Crippen molar-refractivity contribution in [2.24, 2.45) is 5.73 Å². The second-order valence-corrected chi connectivity index (χ2v) is 10.9. The van der Waals surface area contributed by atoms with Gasteiger partial charge in [-0.05, 0) is 66.1 Å². The van der Waals surface area contributed by atoms with Crippen molar-refractivity contribution >= 4 is 50.8 Å². The molecule has 0 radical (unpaired) electrons. The number of fused-ring (bicyclic) bond motifs is 2. The molecule has 1 unspecified atom stereocenters. The van der Waals surface area contributed by atoms with Crippen molar-refractivity contribution in [3.05, 3.63) is 60.3 Å². The zero-order valence-electron chi connectivity index (χ0n) is 16.5. The van der Waals surface area contributed by atoms with Crippen molar-refractivity contribution in [3.63, 3.8) is 0 Å². The number of thiophene rings is 3. The monoisotopic (exact) mass is 457 g/mol. The summed E-state index contributed by atoms with van der Waals surface area (Å²) in [6, 6.07) is 6.50. The third-order valence-electron chi connectivity index (χ3n) is 5.90. The summed E-state index contributed by atoms with van der Waals surface area (Å²) in [7, 11) is 0. The molecule has 8 heteroatoms. The lowest BCUT2D eigenvalue weighted by Crippen LogP contribution is -2.40. The van der Waals surface area contributed by atoms with Crippen molar-refractivity contribution in [3.8, 4) is 0 Å². The molecule has 2 amide bonds. The van der Waals surface area contributed by atoms with Crippen LogP contribution in [0.1, 0.15) is 55.0 Å². The number of nitrogens with one attached hydrogen (secondary N) is 1. The Morgan fingerprint density at radius 3 is 2.77 bits per heavy atom. The Bertz CT molecular complexity index is 1080. The van der Waals surface area contributed by atoms with Gasteiger partial charge in [0.1, 0.15) is 5.00 Å². The van der Waals surface area contributed by atoms with Crippen molar-refractivity contribution in [2.45, 2.75) is 38.1 Å². The predicted octanol–water partition coefficient (Wildman–Crippen LogP) is 4.44. The molecule has 5 nitrogen and oxygen atoms in total. The number of hydrogen-bond donors (Lipinski definition) is 2. The fraction of sp³-hybridized carbons (Fsp3) is 0.364. The standard InChI is InChI=1S/C22H23N3O2S3/c23-21(27)19-13-4-1-2-5-16(13)30-22(19)24-18(26)12-25-9-7-15-14(8-11-29-15)20(25)17-6-3-10-28-17/h3,6,8,10-11,20H,1-2,4-5,7,9,12H2,(H2,23,27)(H,24,26). The van der Waals surface area contributed by atoms with Crippen LogP contribution in [0, 0.1) is 0 Å². The summed E-state index contributed by atoms with van der Waals surface area (Å²) in [5, 5.41) is 7.88. The zero-order valence-corrected chi connectivity index (χ0v) is 18.9. The maximum atomic E-state index is 13.0. The van der Waals surface area contributed by atoms with Crippen LogP contribution in [-0.4, -0.2) is 29.8 Å². The van der Waals surface area contributed by atoms with Gasteiger partial charge in [-0.15, -0.1) is 34.0 Å². The molecule has 3 aromatic heterocycles. The lowest BCUT2D eigenvalue weighted by Gasteiger charge is -2.34. The number of nitrogens with two attached hydrogens (primary N) is 1. The van der Waals surface area contributed by atoms with Gasteiger partial charge in [0.25, 0.3) is 5.91 Å². The van der Waals surface area contributed by atoms with Crippen molar-refractivity contribution in [1.29, 1.82) is 0 Å². The van der Waals surface area contributed by atoms with E-state index >= 15 is 0 Å². The maximum absolute atomic E-state index is 13.0.